The number of nitrogens with one attached hydrogen (secondary N) is 2. The molecule has 2 rings (SSSR count). The minimum atomic E-state index is -4.55. The average Bonchev–Trinajstić information content (AvgIpc) is 2.98. The minimum absolute atomic E-state index is 0. The molecule has 0 bridgehead atoms. The van der Waals surface area contributed by atoms with Gasteiger partial charge in [-0.1, -0.05) is 12.1 Å². The van der Waals surface area contributed by atoms with Gasteiger partial charge >= 0.3 is 6.18 Å². The summed E-state index contributed by atoms with van der Waals surface area (Å²) < 4.78 is 38.6. The van der Waals surface area contributed by atoms with Crippen molar-refractivity contribution in [1.82, 2.24) is 10.6 Å². The number of halogens is 4. The molecule has 0 spiro atoms. The predicted molar refractivity (Wildman–Crippen MR) is 89.0 cm³/mol. The molecule has 1 heterocycles. The largest absolute Gasteiger partial charge is 0.416 e. The van der Waals surface area contributed by atoms with Crippen molar-refractivity contribution in [3.63, 3.8) is 0 Å². The summed E-state index contributed by atoms with van der Waals surface area (Å²) in [5.41, 5.74) is 2.75. The van der Waals surface area contributed by atoms with Crippen molar-refractivity contribution < 1.29 is 22.8 Å². The van der Waals surface area contributed by atoms with Gasteiger partial charge in [0.05, 0.1) is 5.56 Å². The van der Waals surface area contributed by atoms with Gasteiger partial charge in [0.25, 0.3) is 0 Å². The highest BCUT2D eigenvalue weighted by Crippen LogP contribution is 2.32. The predicted octanol–water partition coefficient (Wildman–Crippen LogP) is 2.09. The maximum atomic E-state index is 12.9. The van der Waals surface area contributed by atoms with Gasteiger partial charge in [-0.05, 0) is 44.0 Å². The van der Waals surface area contributed by atoms with Crippen LogP contribution in [-0.2, 0) is 21.3 Å². The lowest BCUT2D eigenvalue weighted by molar-refractivity contribution is -0.138. The fraction of sp³-hybridized carbons (Fsp3) is 0.500. The van der Waals surface area contributed by atoms with E-state index in [-0.39, 0.29) is 30.4 Å². The summed E-state index contributed by atoms with van der Waals surface area (Å²) in [7, 11) is 0. The summed E-state index contributed by atoms with van der Waals surface area (Å²) >= 11 is 0. The number of rotatable bonds is 5. The van der Waals surface area contributed by atoms with Crippen LogP contribution in [0, 0.1) is 0 Å². The van der Waals surface area contributed by atoms with Crippen LogP contribution in [0.4, 0.5) is 13.2 Å². The molecule has 2 atom stereocenters. The topological polar surface area (TPSA) is 84.2 Å². The quantitative estimate of drug-likeness (QED) is 0.732. The summed E-state index contributed by atoms with van der Waals surface area (Å²) in [6, 6.07) is 4.26. The molecule has 140 valence electrons. The first kappa shape index (κ1) is 21.2. The highest BCUT2D eigenvalue weighted by atomic mass is 35.5. The lowest BCUT2D eigenvalue weighted by atomic mass is 9.89. The molecule has 0 radical (unpaired) electrons. The fourth-order valence-electron chi connectivity index (χ4n) is 2.77. The average molecular weight is 380 g/mol. The molecule has 1 aliphatic rings. The first-order chi connectivity index (χ1) is 11.1. The number of carbonyl (C=O) groups excluding carboxylic acids is 2. The normalized spacial score (nSPS) is 19.6. The maximum Gasteiger partial charge on any atom is 0.416 e. The molecule has 2 amide bonds. The third kappa shape index (κ3) is 5.09. The van der Waals surface area contributed by atoms with E-state index in [2.05, 4.69) is 10.6 Å². The Kier molecular flexibility index (Phi) is 6.84. The van der Waals surface area contributed by atoms with Gasteiger partial charge in [-0.2, -0.15) is 13.2 Å². The molecule has 1 aromatic carbocycles. The van der Waals surface area contributed by atoms with Crippen LogP contribution in [-0.4, -0.2) is 24.4 Å². The minimum Gasteiger partial charge on any atom is -0.367 e. The number of alkyl halides is 3. The summed E-state index contributed by atoms with van der Waals surface area (Å²) in [5.74, 6) is -1.36. The van der Waals surface area contributed by atoms with Crippen molar-refractivity contribution in [3.05, 3.63) is 35.4 Å². The second kappa shape index (κ2) is 8.05. The SMILES string of the molecule is CC(NC(=O)CC1CCCN1)(C(N)=O)c1cccc(C(F)(F)F)c1.Cl. The smallest absolute Gasteiger partial charge is 0.367 e. The molecular formula is C16H21ClF3N3O2. The Hall–Kier alpha value is -1.80. The van der Waals surface area contributed by atoms with Gasteiger partial charge in [0.15, 0.2) is 0 Å². The summed E-state index contributed by atoms with van der Waals surface area (Å²) in [6.07, 6.45) is -2.61. The van der Waals surface area contributed by atoms with Crippen LogP contribution in [0.15, 0.2) is 24.3 Å². The van der Waals surface area contributed by atoms with Gasteiger partial charge in [-0.3, -0.25) is 9.59 Å². The van der Waals surface area contributed by atoms with E-state index < -0.39 is 29.1 Å². The molecule has 1 saturated heterocycles. The number of carbonyl (C=O) groups is 2. The number of benzene rings is 1. The van der Waals surface area contributed by atoms with E-state index in [4.69, 9.17) is 5.73 Å². The van der Waals surface area contributed by atoms with Gasteiger partial charge in [0.2, 0.25) is 11.8 Å². The van der Waals surface area contributed by atoms with Crippen LogP contribution >= 0.6 is 12.4 Å². The van der Waals surface area contributed by atoms with E-state index in [1.54, 1.807) is 0 Å². The zero-order valence-corrected chi connectivity index (χ0v) is 14.5. The fourth-order valence-corrected chi connectivity index (χ4v) is 2.77. The molecule has 25 heavy (non-hydrogen) atoms. The number of amides is 2. The van der Waals surface area contributed by atoms with Crippen LogP contribution in [0.1, 0.15) is 37.3 Å². The van der Waals surface area contributed by atoms with Crippen molar-refractivity contribution in [2.24, 2.45) is 5.73 Å². The van der Waals surface area contributed by atoms with E-state index in [1.807, 2.05) is 0 Å². The van der Waals surface area contributed by atoms with E-state index >= 15 is 0 Å². The Bertz CT molecular complexity index is 633. The molecule has 1 aliphatic heterocycles. The van der Waals surface area contributed by atoms with Crippen LogP contribution in [0.5, 0.6) is 0 Å². The standard InChI is InChI=1S/C16H20F3N3O2.ClH/c1-15(14(20)24,22-13(23)9-12-6-3-7-21-12)10-4-2-5-11(8-10)16(17,18)19;/h2,4-5,8,12,21H,3,6-7,9H2,1H3,(H2,20,24)(H,22,23);1H. The molecule has 0 aliphatic carbocycles. The Morgan fingerprint density at radius 1 is 1.32 bits per heavy atom. The van der Waals surface area contributed by atoms with Crippen LogP contribution in [0.2, 0.25) is 0 Å². The maximum absolute atomic E-state index is 12.9. The molecule has 0 saturated carbocycles. The van der Waals surface area contributed by atoms with Crippen molar-refractivity contribution in [2.75, 3.05) is 6.54 Å². The third-order valence-corrected chi connectivity index (χ3v) is 4.24. The number of nitrogens with two attached hydrogens (primary N) is 1. The van der Waals surface area contributed by atoms with Crippen LogP contribution in [0.3, 0.4) is 0 Å². The van der Waals surface area contributed by atoms with E-state index in [0.717, 1.165) is 31.5 Å². The van der Waals surface area contributed by atoms with Crippen molar-refractivity contribution in [3.8, 4) is 0 Å². The Morgan fingerprint density at radius 3 is 2.48 bits per heavy atom. The highest BCUT2D eigenvalue weighted by Gasteiger charge is 2.38. The molecule has 0 aromatic heterocycles. The lowest BCUT2D eigenvalue weighted by Gasteiger charge is -2.29. The van der Waals surface area contributed by atoms with Crippen LogP contribution < -0.4 is 16.4 Å². The molecule has 2 unspecified atom stereocenters. The molecule has 4 N–H and O–H groups in total. The van der Waals surface area contributed by atoms with Gasteiger partial charge in [0, 0.05) is 12.5 Å². The summed E-state index contributed by atoms with van der Waals surface area (Å²) in [6.45, 7) is 2.13. The molecule has 5 nitrogen and oxygen atoms in total. The second-order valence-electron chi connectivity index (χ2n) is 6.11. The Morgan fingerprint density at radius 2 is 1.96 bits per heavy atom. The van der Waals surface area contributed by atoms with Gasteiger partial charge in [-0.25, -0.2) is 0 Å². The number of hydrogen-bond acceptors (Lipinski definition) is 3. The Labute approximate surface area is 149 Å². The van der Waals surface area contributed by atoms with E-state index in [0.29, 0.717) is 0 Å². The van der Waals surface area contributed by atoms with Crippen molar-refractivity contribution in [1.29, 1.82) is 0 Å². The zero-order chi connectivity index (χ0) is 18.0. The van der Waals surface area contributed by atoms with Gasteiger partial charge < -0.3 is 16.4 Å². The van der Waals surface area contributed by atoms with E-state index in [1.165, 1.54) is 19.1 Å². The summed E-state index contributed by atoms with van der Waals surface area (Å²) in [4.78, 5) is 24.1. The highest BCUT2D eigenvalue weighted by molar-refractivity contribution is 5.91. The molecular weight excluding hydrogens is 359 g/mol. The lowest BCUT2D eigenvalue weighted by Crippen LogP contribution is -2.53. The summed E-state index contributed by atoms with van der Waals surface area (Å²) in [5, 5.41) is 5.64. The molecule has 1 fully saturated rings. The molecule has 9 heteroatoms. The van der Waals surface area contributed by atoms with Crippen LogP contribution in [0.25, 0.3) is 0 Å². The van der Waals surface area contributed by atoms with Gasteiger partial charge in [-0.15, -0.1) is 12.4 Å². The third-order valence-electron chi connectivity index (χ3n) is 4.24. The van der Waals surface area contributed by atoms with Crippen molar-refractivity contribution >= 4 is 24.2 Å². The first-order valence-electron chi connectivity index (χ1n) is 7.65. The molecule has 1 aromatic rings. The monoisotopic (exact) mass is 379 g/mol. The van der Waals surface area contributed by atoms with Crippen molar-refractivity contribution in [2.45, 2.75) is 43.9 Å². The number of hydrogen-bond donors (Lipinski definition) is 3. The van der Waals surface area contributed by atoms with Gasteiger partial charge in [0.1, 0.15) is 5.54 Å². The Balaban J connectivity index is 0.00000312. The van der Waals surface area contributed by atoms with E-state index in [9.17, 15) is 22.8 Å². The second-order valence-corrected chi connectivity index (χ2v) is 6.11. The zero-order valence-electron chi connectivity index (χ0n) is 13.7. The number of primary amides is 1. The first-order valence-corrected chi connectivity index (χ1v) is 7.65.